The van der Waals surface area contributed by atoms with Gasteiger partial charge in [0.25, 0.3) is 11.8 Å². The number of imide groups is 2. The van der Waals surface area contributed by atoms with Crippen LogP contribution in [0, 0.1) is 12.7 Å². The van der Waals surface area contributed by atoms with Crippen molar-refractivity contribution in [2.24, 2.45) is 0 Å². The van der Waals surface area contributed by atoms with Gasteiger partial charge < -0.3 is 4.42 Å². The molecule has 9 heteroatoms. The summed E-state index contributed by atoms with van der Waals surface area (Å²) in [7, 11) is 0. The Morgan fingerprint density at radius 3 is 2.47 bits per heavy atom. The predicted octanol–water partition coefficient (Wildman–Crippen LogP) is 3.16. The van der Waals surface area contributed by atoms with E-state index in [4.69, 9.17) is 4.42 Å². The number of urea groups is 1. The highest BCUT2D eigenvalue weighted by Gasteiger charge is 2.37. The molecule has 0 radical (unpaired) electrons. The minimum absolute atomic E-state index is 0.0998. The molecule has 2 aromatic heterocycles. The SMILES string of the molecule is Cc1cc(/C=C2\C(=O)NC(=O)N(c3ccc(F)cc3)C2=O)c2oc(=O)c3ccccc3n12. The Bertz CT molecular complexity index is 1550. The first kappa shape index (κ1) is 19.4. The van der Waals surface area contributed by atoms with Crippen LogP contribution in [-0.2, 0) is 9.59 Å². The highest BCUT2D eigenvalue weighted by Crippen LogP contribution is 2.26. The summed E-state index contributed by atoms with van der Waals surface area (Å²) in [6, 6.07) is 12.3. The van der Waals surface area contributed by atoms with E-state index in [9.17, 15) is 23.6 Å². The van der Waals surface area contributed by atoms with Gasteiger partial charge in [-0.2, -0.15) is 0 Å². The second kappa shape index (κ2) is 7.02. The molecule has 4 amide bonds. The van der Waals surface area contributed by atoms with E-state index in [1.54, 1.807) is 41.7 Å². The number of hydrogen-bond donors (Lipinski definition) is 1. The van der Waals surface area contributed by atoms with Gasteiger partial charge in [0.1, 0.15) is 11.4 Å². The van der Waals surface area contributed by atoms with Gasteiger partial charge >= 0.3 is 11.7 Å². The standard InChI is InChI=1S/C23H14FN3O5/c1-12-10-13(21-26(12)18-5-3-2-4-16(18)22(30)32-21)11-17-19(28)25-23(31)27(20(17)29)15-8-6-14(24)7-9-15/h2-11H,1H3,(H,25,28,31)/b17-11+. The minimum Gasteiger partial charge on any atom is -0.405 e. The van der Waals surface area contributed by atoms with Gasteiger partial charge in [0.2, 0.25) is 5.71 Å². The van der Waals surface area contributed by atoms with Crippen LogP contribution in [0.3, 0.4) is 0 Å². The van der Waals surface area contributed by atoms with Crippen LogP contribution in [0.2, 0.25) is 0 Å². The topological polar surface area (TPSA) is 101 Å². The summed E-state index contributed by atoms with van der Waals surface area (Å²) in [5.41, 5.74) is 1.00. The fraction of sp³-hybridized carbons (Fsp3) is 0.0435. The molecular formula is C23H14FN3O5. The molecule has 5 rings (SSSR count). The van der Waals surface area contributed by atoms with Crippen molar-refractivity contribution in [2.45, 2.75) is 6.92 Å². The van der Waals surface area contributed by atoms with Crippen LogP contribution in [0.1, 0.15) is 11.3 Å². The molecule has 8 nitrogen and oxygen atoms in total. The lowest BCUT2D eigenvalue weighted by molar-refractivity contribution is -0.122. The Morgan fingerprint density at radius 2 is 1.72 bits per heavy atom. The first-order valence-corrected chi connectivity index (χ1v) is 9.56. The van der Waals surface area contributed by atoms with Gasteiger partial charge in [0.15, 0.2) is 0 Å². The minimum atomic E-state index is -0.945. The van der Waals surface area contributed by atoms with E-state index in [0.717, 1.165) is 17.0 Å². The van der Waals surface area contributed by atoms with Crippen molar-refractivity contribution in [3.8, 4) is 0 Å². The first-order chi connectivity index (χ1) is 15.3. The van der Waals surface area contributed by atoms with Crippen LogP contribution >= 0.6 is 0 Å². The van der Waals surface area contributed by atoms with Crippen LogP contribution in [0.4, 0.5) is 14.9 Å². The fourth-order valence-electron chi connectivity index (χ4n) is 3.77. The number of carbonyl (C=O) groups is 3. The fourth-order valence-corrected chi connectivity index (χ4v) is 3.77. The quantitative estimate of drug-likeness (QED) is 0.388. The monoisotopic (exact) mass is 431 g/mol. The van der Waals surface area contributed by atoms with E-state index in [2.05, 4.69) is 5.32 Å². The number of hydrogen-bond acceptors (Lipinski definition) is 5. The average molecular weight is 431 g/mol. The molecule has 32 heavy (non-hydrogen) atoms. The van der Waals surface area contributed by atoms with Crippen molar-refractivity contribution < 1.29 is 23.2 Å². The van der Waals surface area contributed by atoms with Crippen LogP contribution in [-0.4, -0.2) is 22.2 Å². The molecule has 0 atom stereocenters. The van der Waals surface area contributed by atoms with Crippen LogP contribution in [0.15, 0.2) is 69.4 Å². The summed E-state index contributed by atoms with van der Waals surface area (Å²) < 4.78 is 20.4. The van der Waals surface area contributed by atoms with E-state index in [-0.39, 0.29) is 17.0 Å². The largest absolute Gasteiger partial charge is 0.405 e. The smallest absolute Gasteiger partial charge is 0.346 e. The van der Waals surface area contributed by atoms with Gasteiger partial charge in [-0.25, -0.2) is 18.9 Å². The third kappa shape index (κ3) is 2.90. The van der Waals surface area contributed by atoms with Crippen LogP contribution in [0.25, 0.3) is 22.7 Å². The Morgan fingerprint density at radius 1 is 1.00 bits per heavy atom. The summed E-state index contributed by atoms with van der Waals surface area (Å²) >= 11 is 0. The lowest BCUT2D eigenvalue weighted by atomic mass is 10.1. The Labute approximate surface area is 179 Å². The summed E-state index contributed by atoms with van der Waals surface area (Å²) in [5.74, 6) is -2.31. The summed E-state index contributed by atoms with van der Waals surface area (Å²) in [6.07, 6.45) is 1.26. The van der Waals surface area contributed by atoms with Crippen molar-refractivity contribution in [1.29, 1.82) is 0 Å². The molecule has 1 aliphatic rings. The molecule has 158 valence electrons. The molecule has 1 aliphatic heterocycles. The average Bonchev–Trinajstić information content (AvgIpc) is 3.07. The lowest BCUT2D eigenvalue weighted by Crippen LogP contribution is -2.54. The van der Waals surface area contributed by atoms with Crippen LogP contribution in [0.5, 0.6) is 0 Å². The second-order valence-electron chi connectivity index (χ2n) is 7.22. The molecule has 0 aliphatic carbocycles. The maximum atomic E-state index is 13.3. The van der Waals surface area contributed by atoms with E-state index in [1.807, 2.05) is 0 Å². The van der Waals surface area contributed by atoms with Gasteiger partial charge in [-0.3, -0.25) is 19.3 Å². The Balaban J connectivity index is 1.67. The number of anilines is 1. The molecule has 0 bridgehead atoms. The molecule has 2 aromatic carbocycles. The molecule has 4 aromatic rings. The van der Waals surface area contributed by atoms with E-state index in [1.165, 1.54) is 18.2 Å². The predicted molar refractivity (Wildman–Crippen MR) is 114 cm³/mol. The number of para-hydroxylation sites is 1. The number of barbiturate groups is 1. The molecule has 1 N–H and O–H groups in total. The molecule has 0 unspecified atom stereocenters. The number of halogens is 1. The van der Waals surface area contributed by atoms with Crippen LogP contribution < -0.4 is 15.8 Å². The molecule has 0 spiro atoms. The summed E-state index contributed by atoms with van der Waals surface area (Å²) in [5, 5.41) is 2.49. The zero-order valence-corrected chi connectivity index (χ0v) is 16.6. The van der Waals surface area contributed by atoms with E-state index >= 15 is 0 Å². The zero-order chi connectivity index (χ0) is 22.6. The number of aromatic nitrogens is 1. The molecule has 1 saturated heterocycles. The zero-order valence-electron chi connectivity index (χ0n) is 16.6. The molecule has 3 heterocycles. The van der Waals surface area contributed by atoms with Gasteiger partial charge in [-0.05, 0) is 55.5 Å². The van der Waals surface area contributed by atoms with Gasteiger partial charge in [0, 0.05) is 11.3 Å². The normalized spacial score (nSPS) is 15.8. The van der Waals surface area contributed by atoms with Gasteiger partial charge in [0.05, 0.1) is 16.6 Å². The Hall–Kier alpha value is -4.53. The molecule has 1 fully saturated rings. The van der Waals surface area contributed by atoms with Gasteiger partial charge in [-0.1, -0.05) is 12.1 Å². The van der Waals surface area contributed by atoms with E-state index < -0.39 is 29.3 Å². The third-order valence-corrected chi connectivity index (χ3v) is 5.21. The van der Waals surface area contributed by atoms with Gasteiger partial charge in [-0.15, -0.1) is 0 Å². The first-order valence-electron chi connectivity index (χ1n) is 9.56. The molecule has 0 saturated carbocycles. The Kier molecular flexibility index (Phi) is 4.26. The maximum Gasteiger partial charge on any atom is 0.346 e. The second-order valence-corrected chi connectivity index (χ2v) is 7.22. The number of rotatable bonds is 2. The maximum absolute atomic E-state index is 13.3. The number of fused-ring (bicyclic) bond motifs is 3. The van der Waals surface area contributed by atoms with Crippen molar-refractivity contribution >= 4 is 46.2 Å². The van der Waals surface area contributed by atoms with Crippen molar-refractivity contribution in [3.63, 3.8) is 0 Å². The summed E-state index contributed by atoms with van der Waals surface area (Å²) in [4.78, 5) is 51.0. The number of carbonyl (C=O) groups excluding carboxylic acids is 3. The number of nitrogens with zero attached hydrogens (tertiary/aromatic N) is 2. The third-order valence-electron chi connectivity index (χ3n) is 5.21. The number of amides is 4. The lowest BCUT2D eigenvalue weighted by Gasteiger charge is -2.26. The number of benzene rings is 2. The van der Waals surface area contributed by atoms with Crippen molar-refractivity contribution in [2.75, 3.05) is 4.90 Å². The highest BCUT2D eigenvalue weighted by atomic mass is 19.1. The highest BCUT2D eigenvalue weighted by molar-refractivity contribution is 6.39. The van der Waals surface area contributed by atoms with Crippen molar-refractivity contribution in [1.82, 2.24) is 9.72 Å². The number of nitrogens with one attached hydrogen (secondary N) is 1. The van der Waals surface area contributed by atoms with Crippen molar-refractivity contribution in [3.05, 3.63) is 87.7 Å². The summed E-state index contributed by atoms with van der Waals surface area (Å²) in [6.45, 7) is 1.79. The van der Waals surface area contributed by atoms with E-state index in [0.29, 0.717) is 22.2 Å². The number of aryl methyl sites for hydroxylation is 1. The molecular weight excluding hydrogens is 417 g/mol.